The summed E-state index contributed by atoms with van der Waals surface area (Å²) >= 11 is 1.89. The van der Waals surface area contributed by atoms with E-state index in [2.05, 4.69) is 38.5 Å². The first-order valence-electron chi connectivity index (χ1n) is 7.00. The zero-order valence-electron chi connectivity index (χ0n) is 13.4. The fraction of sp³-hybridized carbons (Fsp3) is 0.769. The maximum atomic E-state index is 4.66. The van der Waals surface area contributed by atoms with E-state index < -0.39 is 0 Å². The molecule has 0 aromatic carbocycles. The molecule has 0 saturated carbocycles. The van der Waals surface area contributed by atoms with Gasteiger partial charge in [0.25, 0.3) is 0 Å². The van der Waals surface area contributed by atoms with Gasteiger partial charge in [0.05, 0.1) is 6.54 Å². The van der Waals surface area contributed by atoms with Crippen LogP contribution in [0.15, 0.2) is 11.3 Å². The van der Waals surface area contributed by atoms with Gasteiger partial charge in [-0.2, -0.15) is 16.9 Å². The minimum Gasteiger partial charge on any atom is -0.357 e. The first-order chi connectivity index (χ1) is 9.69. The summed E-state index contributed by atoms with van der Waals surface area (Å²) in [6, 6.07) is 0. The molecule has 8 heteroatoms. The van der Waals surface area contributed by atoms with Crippen LogP contribution < -0.4 is 5.32 Å². The minimum atomic E-state index is 0. The Morgan fingerprint density at radius 2 is 2.24 bits per heavy atom. The molecule has 1 N–H and O–H groups in total. The lowest BCUT2D eigenvalue weighted by atomic mass is 10.3. The predicted molar refractivity (Wildman–Crippen MR) is 101 cm³/mol. The molecule has 0 fully saturated rings. The van der Waals surface area contributed by atoms with Gasteiger partial charge >= 0.3 is 0 Å². The number of nitrogens with zero attached hydrogens (tertiary/aromatic N) is 5. The largest absolute Gasteiger partial charge is 0.357 e. The molecule has 0 aliphatic rings. The molecule has 1 aromatic heterocycles. The lowest BCUT2D eigenvalue weighted by molar-refractivity contribution is 0.448. The van der Waals surface area contributed by atoms with Gasteiger partial charge in [0, 0.05) is 27.2 Å². The molecule has 1 heterocycles. The molecule has 1 rings (SSSR count). The van der Waals surface area contributed by atoms with Gasteiger partial charge in [0.15, 0.2) is 5.96 Å². The minimum absolute atomic E-state index is 0. The summed E-state index contributed by atoms with van der Waals surface area (Å²) in [6.07, 6.45) is 6.07. The van der Waals surface area contributed by atoms with Crippen molar-refractivity contribution in [3.05, 3.63) is 12.2 Å². The average Bonchev–Trinajstić information content (AvgIpc) is 2.83. The van der Waals surface area contributed by atoms with Crippen molar-refractivity contribution in [2.75, 3.05) is 32.1 Å². The van der Waals surface area contributed by atoms with E-state index in [1.807, 2.05) is 25.9 Å². The van der Waals surface area contributed by atoms with Crippen molar-refractivity contribution in [3.8, 4) is 0 Å². The maximum Gasteiger partial charge on any atom is 0.194 e. The van der Waals surface area contributed by atoms with Crippen molar-refractivity contribution < 1.29 is 0 Å². The zero-order chi connectivity index (χ0) is 14.8. The van der Waals surface area contributed by atoms with Crippen LogP contribution in [0.3, 0.4) is 0 Å². The molecule has 21 heavy (non-hydrogen) atoms. The number of hydrogen-bond acceptors (Lipinski definition) is 4. The van der Waals surface area contributed by atoms with Crippen molar-refractivity contribution in [2.45, 2.75) is 26.3 Å². The molecule has 1 aromatic rings. The second-order valence-corrected chi connectivity index (χ2v) is 5.58. The molecule has 0 unspecified atom stereocenters. The summed E-state index contributed by atoms with van der Waals surface area (Å²) in [5.74, 6) is 3.07. The van der Waals surface area contributed by atoms with E-state index in [1.165, 1.54) is 12.2 Å². The SMILES string of the molecule is CCNC(=NCCCCSC)N(C)Cc1ncnn1C.I. The molecular weight excluding hydrogens is 399 g/mol. The molecule has 0 bridgehead atoms. The number of thioether (sulfide) groups is 1. The van der Waals surface area contributed by atoms with Crippen LogP contribution in [0.5, 0.6) is 0 Å². The van der Waals surface area contributed by atoms with Crippen LogP contribution in [-0.2, 0) is 13.6 Å². The van der Waals surface area contributed by atoms with Gasteiger partial charge in [-0.3, -0.25) is 9.67 Å². The highest BCUT2D eigenvalue weighted by atomic mass is 127. The molecule has 0 saturated heterocycles. The van der Waals surface area contributed by atoms with Crippen LogP contribution >= 0.6 is 35.7 Å². The average molecular weight is 426 g/mol. The topological polar surface area (TPSA) is 58.3 Å². The van der Waals surface area contributed by atoms with Crippen LogP contribution in [0.1, 0.15) is 25.6 Å². The van der Waals surface area contributed by atoms with Crippen LogP contribution in [0.25, 0.3) is 0 Å². The zero-order valence-corrected chi connectivity index (χ0v) is 16.5. The number of unbranched alkanes of at least 4 members (excludes halogenated alkanes) is 1. The normalized spacial score (nSPS) is 11.1. The quantitative estimate of drug-likeness (QED) is 0.298. The third-order valence-electron chi connectivity index (χ3n) is 2.90. The molecule has 0 spiro atoms. The summed E-state index contributed by atoms with van der Waals surface area (Å²) in [5.41, 5.74) is 0. The van der Waals surface area contributed by atoms with Gasteiger partial charge in [0.2, 0.25) is 0 Å². The summed E-state index contributed by atoms with van der Waals surface area (Å²) in [4.78, 5) is 11.0. The Morgan fingerprint density at radius 1 is 1.48 bits per heavy atom. The van der Waals surface area contributed by atoms with Gasteiger partial charge in [0.1, 0.15) is 12.2 Å². The summed E-state index contributed by atoms with van der Waals surface area (Å²) < 4.78 is 1.79. The molecule has 122 valence electrons. The monoisotopic (exact) mass is 426 g/mol. The highest BCUT2D eigenvalue weighted by Gasteiger charge is 2.09. The number of hydrogen-bond donors (Lipinski definition) is 1. The van der Waals surface area contributed by atoms with Crippen LogP contribution in [0.2, 0.25) is 0 Å². The second-order valence-electron chi connectivity index (χ2n) is 4.59. The fourth-order valence-corrected chi connectivity index (χ4v) is 2.26. The molecule has 6 nitrogen and oxygen atoms in total. The first kappa shape index (κ1) is 20.5. The molecular formula is C13H27IN6S. The third-order valence-corrected chi connectivity index (χ3v) is 3.60. The lowest BCUT2D eigenvalue weighted by Gasteiger charge is -2.21. The lowest BCUT2D eigenvalue weighted by Crippen LogP contribution is -2.39. The Morgan fingerprint density at radius 3 is 2.81 bits per heavy atom. The number of halogens is 1. The number of aryl methyl sites for hydroxylation is 1. The van der Waals surface area contributed by atoms with Gasteiger partial charge < -0.3 is 10.2 Å². The van der Waals surface area contributed by atoms with Gasteiger partial charge in [-0.25, -0.2) is 4.98 Å². The summed E-state index contributed by atoms with van der Waals surface area (Å²) in [6.45, 7) is 4.52. The highest BCUT2D eigenvalue weighted by molar-refractivity contribution is 14.0. The van der Waals surface area contributed by atoms with E-state index in [1.54, 1.807) is 11.0 Å². The van der Waals surface area contributed by atoms with Crippen LogP contribution in [0, 0.1) is 0 Å². The third kappa shape index (κ3) is 7.89. The van der Waals surface area contributed by atoms with E-state index in [9.17, 15) is 0 Å². The van der Waals surface area contributed by atoms with Gasteiger partial charge in [-0.15, -0.1) is 24.0 Å². The summed E-state index contributed by atoms with van der Waals surface area (Å²) in [7, 11) is 3.93. The highest BCUT2D eigenvalue weighted by Crippen LogP contribution is 2.01. The second kappa shape index (κ2) is 12.1. The van der Waals surface area contributed by atoms with Crippen molar-refractivity contribution >= 4 is 41.7 Å². The number of guanidine groups is 1. The van der Waals surface area contributed by atoms with E-state index in [0.717, 1.165) is 31.3 Å². The number of aromatic nitrogens is 3. The van der Waals surface area contributed by atoms with Crippen LogP contribution in [-0.4, -0.2) is 57.8 Å². The maximum absolute atomic E-state index is 4.66. The van der Waals surface area contributed by atoms with Gasteiger partial charge in [-0.05, 0) is 31.8 Å². The van der Waals surface area contributed by atoms with Crippen molar-refractivity contribution in [1.29, 1.82) is 0 Å². The predicted octanol–water partition coefficient (Wildman–Crippen LogP) is 1.97. The standard InChI is InChI=1S/C13H26N6S.HI/c1-5-14-13(15-8-6-7-9-20-4)18(2)10-12-16-11-17-19(12)3;/h11H,5-10H2,1-4H3,(H,14,15);1H. The van der Waals surface area contributed by atoms with E-state index in [4.69, 9.17) is 0 Å². The van der Waals surface area contributed by atoms with E-state index in [0.29, 0.717) is 6.54 Å². The van der Waals surface area contributed by atoms with Crippen molar-refractivity contribution in [3.63, 3.8) is 0 Å². The number of rotatable bonds is 8. The number of aliphatic imine (C=N–C) groups is 1. The smallest absolute Gasteiger partial charge is 0.194 e. The molecule has 0 amide bonds. The van der Waals surface area contributed by atoms with Crippen molar-refractivity contribution in [2.24, 2.45) is 12.0 Å². The van der Waals surface area contributed by atoms with Crippen molar-refractivity contribution in [1.82, 2.24) is 25.0 Å². The van der Waals surface area contributed by atoms with Gasteiger partial charge in [-0.1, -0.05) is 0 Å². The Bertz CT molecular complexity index is 409. The first-order valence-corrected chi connectivity index (χ1v) is 8.39. The number of nitrogens with one attached hydrogen (secondary N) is 1. The molecule has 0 radical (unpaired) electrons. The molecule has 0 aliphatic heterocycles. The Balaban J connectivity index is 0.00000400. The van der Waals surface area contributed by atoms with E-state index in [-0.39, 0.29) is 24.0 Å². The fourth-order valence-electron chi connectivity index (χ4n) is 1.76. The Labute approximate surface area is 149 Å². The van der Waals surface area contributed by atoms with E-state index >= 15 is 0 Å². The Hall–Kier alpha value is -0.510. The summed E-state index contributed by atoms with van der Waals surface area (Å²) in [5, 5.41) is 7.41. The Kier molecular flexibility index (Phi) is 11.8. The van der Waals surface area contributed by atoms with Crippen LogP contribution in [0.4, 0.5) is 0 Å². The molecule has 0 aliphatic carbocycles. The molecule has 0 atom stereocenters.